The van der Waals surface area contributed by atoms with E-state index in [1.54, 1.807) is 24.3 Å². The van der Waals surface area contributed by atoms with Gasteiger partial charge in [-0.3, -0.25) is 19.2 Å². The summed E-state index contributed by atoms with van der Waals surface area (Å²) in [4.78, 5) is 69.0. The van der Waals surface area contributed by atoms with Crippen LogP contribution in [0.2, 0.25) is 0 Å². The number of carbonyl (C=O) groups excluding carboxylic acids is 4. The van der Waals surface area contributed by atoms with Crippen LogP contribution in [-0.4, -0.2) is 23.6 Å². The number of fused-ring (bicyclic) bond motifs is 2. The molecule has 572 valence electrons. The van der Waals surface area contributed by atoms with E-state index in [4.69, 9.17) is 18.9 Å². The van der Waals surface area contributed by atoms with E-state index in [1.165, 1.54) is 31.3 Å². The number of carbonyl (C=O) groups is 4. The summed E-state index contributed by atoms with van der Waals surface area (Å²) in [6, 6.07) is 92.9. The van der Waals surface area contributed by atoms with Gasteiger partial charge in [0.1, 0.15) is 46.0 Å². The van der Waals surface area contributed by atoms with Crippen molar-refractivity contribution in [1.82, 2.24) is 0 Å². The van der Waals surface area contributed by atoms with Crippen molar-refractivity contribution in [2.75, 3.05) is 9.80 Å². The summed E-state index contributed by atoms with van der Waals surface area (Å²) in [6.07, 6.45) is 0. The Morgan fingerprint density at radius 2 is 0.449 bits per heavy atom. The SMILES string of the molecule is CC(C)(C)c1ccc(Oc2cc3c4c(cc(Oc5ccc(C(C)(C)C)cc5)c5c6c(Oc7ccc(C(C)(C)C)cc7)cc7c8c(cc(Oc9ccc(C(C)(C)C)cc9)c(c2c45)c86)C(=O)N(c2ccc(-c4ccc5ccc6cccc8ccc4c5c68)cc2)C7=O)C(=O)N(c2ccc(-c4ccc5ccc6cccc7ccc4c5c67)cc2)C3=O)cc1. The zero-order valence-corrected chi connectivity index (χ0v) is 67.7. The molecule has 2 aliphatic rings. The summed E-state index contributed by atoms with van der Waals surface area (Å²) in [6.45, 7) is 25.9. The normalized spacial score (nSPS) is 13.6. The van der Waals surface area contributed by atoms with E-state index < -0.39 is 23.6 Å². The van der Waals surface area contributed by atoms with E-state index in [-0.39, 0.29) is 66.9 Å². The van der Waals surface area contributed by atoms with Crippen LogP contribution in [0.3, 0.4) is 0 Å². The lowest BCUT2D eigenvalue weighted by atomic mass is 9.80. The van der Waals surface area contributed by atoms with E-state index in [9.17, 15) is 0 Å². The van der Waals surface area contributed by atoms with Gasteiger partial charge in [-0.05, 0) is 228 Å². The highest BCUT2D eigenvalue weighted by atomic mass is 16.5. The molecule has 0 aromatic heterocycles. The molecule has 0 N–H and O–H groups in total. The summed E-state index contributed by atoms with van der Waals surface area (Å²) in [5, 5.41) is 17.0. The van der Waals surface area contributed by atoms with Crippen LogP contribution >= 0.6 is 0 Å². The van der Waals surface area contributed by atoms with Gasteiger partial charge in [0.25, 0.3) is 23.6 Å². The van der Waals surface area contributed by atoms with Gasteiger partial charge in [0.05, 0.1) is 33.6 Å². The molecule has 0 unspecified atom stereocenters. The Hall–Kier alpha value is -14.0. The van der Waals surface area contributed by atoms with Gasteiger partial charge in [-0.1, -0.05) is 265 Å². The van der Waals surface area contributed by atoms with Crippen molar-refractivity contribution in [2.24, 2.45) is 0 Å². The van der Waals surface area contributed by atoms with E-state index in [0.717, 1.165) is 87.6 Å². The molecule has 0 atom stereocenters. The average Bonchev–Trinajstić information content (AvgIpc) is 0.668. The maximum atomic E-state index is 16.6. The average molecular weight is 1540 g/mol. The van der Waals surface area contributed by atoms with E-state index in [0.29, 0.717) is 77.5 Å². The highest BCUT2D eigenvalue weighted by Crippen LogP contribution is 2.59. The molecule has 2 heterocycles. The lowest BCUT2D eigenvalue weighted by Gasteiger charge is -2.32. The number of imide groups is 2. The number of hydrogen-bond acceptors (Lipinski definition) is 8. The van der Waals surface area contributed by atoms with E-state index >= 15 is 19.2 Å². The molecular weight excluding hydrogens is 1450 g/mol. The summed E-state index contributed by atoms with van der Waals surface area (Å²) in [7, 11) is 0. The minimum atomic E-state index is -0.591. The number of benzene rings is 19. The van der Waals surface area contributed by atoms with Gasteiger partial charge in [-0.15, -0.1) is 0 Å². The third-order valence-corrected chi connectivity index (χ3v) is 24.6. The number of anilines is 2. The predicted molar refractivity (Wildman–Crippen MR) is 482 cm³/mol. The highest BCUT2D eigenvalue weighted by Gasteiger charge is 2.43. The summed E-state index contributed by atoms with van der Waals surface area (Å²) >= 11 is 0. The maximum Gasteiger partial charge on any atom is 0.266 e. The molecule has 0 fully saturated rings. The minimum absolute atomic E-state index is 0.175. The Labute approximate surface area is 683 Å². The smallest absolute Gasteiger partial charge is 0.266 e. The molecule has 19 aromatic carbocycles. The Bertz CT molecular complexity index is 6760. The number of ether oxygens (including phenoxy) is 4. The quantitative estimate of drug-likeness (QED) is 0.0675. The highest BCUT2D eigenvalue weighted by molar-refractivity contribution is 6.48. The summed E-state index contributed by atoms with van der Waals surface area (Å²) in [5.74, 6) is 0.309. The fourth-order valence-corrected chi connectivity index (χ4v) is 18.5. The lowest BCUT2D eigenvalue weighted by molar-refractivity contribution is 0.0877. The van der Waals surface area contributed by atoms with Crippen LogP contribution in [-0.2, 0) is 21.7 Å². The first-order chi connectivity index (χ1) is 56.7. The van der Waals surface area contributed by atoms with Gasteiger partial charge in [-0.25, -0.2) is 9.80 Å². The monoisotopic (exact) mass is 1530 g/mol. The topological polar surface area (TPSA) is 112 Å². The zero-order valence-electron chi connectivity index (χ0n) is 67.7. The van der Waals surface area contributed by atoms with Crippen LogP contribution in [0, 0.1) is 0 Å². The van der Waals surface area contributed by atoms with E-state index in [1.807, 2.05) is 146 Å². The number of rotatable bonds is 12. The van der Waals surface area contributed by atoms with E-state index in [2.05, 4.69) is 192 Å². The third-order valence-electron chi connectivity index (χ3n) is 24.6. The van der Waals surface area contributed by atoms with Gasteiger partial charge in [-0.2, -0.15) is 0 Å². The second kappa shape index (κ2) is 25.8. The van der Waals surface area contributed by atoms with Gasteiger partial charge in [0.2, 0.25) is 0 Å². The number of hydrogen-bond donors (Lipinski definition) is 0. The van der Waals surface area contributed by atoms with Crippen LogP contribution in [0.15, 0.2) is 279 Å². The van der Waals surface area contributed by atoms with Gasteiger partial charge in [0, 0.05) is 43.1 Å². The zero-order chi connectivity index (χ0) is 81.1. The third kappa shape index (κ3) is 11.3. The van der Waals surface area contributed by atoms with Gasteiger partial charge < -0.3 is 18.9 Å². The van der Waals surface area contributed by atoms with Crippen molar-refractivity contribution < 1.29 is 38.1 Å². The second-order valence-electron chi connectivity index (χ2n) is 36.1. The van der Waals surface area contributed by atoms with Crippen LogP contribution in [0.1, 0.15) is 147 Å². The van der Waals surface area contributed by atoms with Crippen LogP contribution in [0.25, 0.3) is 130 Å². The molecule has 10 nitrogen and oxygen atoms in total. The maximum absolute atomic E-state index is 16.6. The molecule has 10 heteroatoms. The Morgan fingerprint density at radius 3 is 0.703 bits per heavy atom. The summed E-state index contributed by atoms with van der Waals surface area (Å²) < 4.78 is 30.0. The Balaban J connectivity index is 0.834. The predicted octanol–water partition coefficient (Wildman–Crippen LogP) is 28.8. The molecular formula is C108H82N2O8. The number of nitrogens with zero attached hydrogens (tertiary/aromatic N) is 2. The Morgan fingerprint density at radius 1 is 0.212 bits per heavy atom. The lowest BCUT2D eigenvalue weighted by Crippen LogP contribution is -2.40. The van der Waals surface area contributed by atoms with Crippen molar-refractivity contribution in [1.29, 1.82) is 0 Å². The molecule has 0 bridgehead atoms. The van der Waals surface area contributed by atoms with Gasteiger partial charge >= 0.3 is 0 Å². The van der Waals surface area contributed by atoms with Crippen molar-refractivity contribution in [3.8, 4) is 68.2 Å². The first kappa shape index (κ1) is 71.8. The first-order valence-corrected chi connectivity index (χ1v) is 40.5. The van der Waals surface area contributed by atoms with Crippen molar-refractivity contribution in [2.45, 2.75) is 105 Å². The fraction of sp³-hybridized carbons (Fsp3) is 0.148. The Kier molecular flexibility index (Phi) is 15.7. The molecule has 0 saturated carbocycles. The van der Waals surface area contributed by atoms with Crippen molar-refractivity contribution >= 4 is 143 Å². The molecule has 0 aliphatic carbocycles. The second-order valence-corrected chi connectivity index (χ2v) is 36.1. The minimum Gasteiger partial charge on any atom is -0.457 e. The number of amides is 4. The first-order valence-electron chi connectivity index (χ1n) is 40.5. The van der Waals surface area contributed by atoms with Crippen LogP contribution in [0.4, 0.5) is 11.4 Å². The molecule has 0 saturated heterocycles. The van der Waals surface area contributed by atoms with Gasteiger partial charge in [0.15, 0.2) is 0 Å². The van der Waals surface area contributed by atoms with Crippen LogP contribution in [0.5, 0.6) is 46.0 Å². The van der Waals surface area contributed by atoms with Crippen molar-refractivity contribution in [3.63, 3.8) is 0 Å². The molecule has 19 aromatic rings. The molecule has 4 amide bonds. The van der Waals surface area contributed by atoms with Crippen molar-refractivity contribution in [3.05, 3.63) is 324 Å². The molecule has 2 aliphatic heterocycles. The molecule has 0 spiro atoms. The molecule has 21 rings (SSSR count). The standard InChI is InChI=1S/C108H82N2O8/c1-105(2,3)67-31-43-73(44-32-67)115-85-55-81-93-82(102(112)109(101(81)111)71-39-23-59(24-40-71)77-51-27-65-21-19-61-15-13-17-63-29-53-79(77)91(65)89(61)63)57-87(117-75-47-35-69(36-48-75)107(7,8)9)97-98-88(118-76-49-37-70(38-50-76)108(10,11)12)58-84-94-83(56-86(96(100(94)98)95(85)99(93)97)116-74-45-33-68(34-46-74)106(4,5)6)103(113)110(104(84)114)72-41-25-60(26-42-72)78-52-28-66-22-20-62-16-14-18-64-30-54-80(78)92(66)90(62)64/h13-58H,1-12H3. The summed E-state index contributed by atoms with van der Waals surface area (Å²) in [5.41, 5.74) is 8.63. The van der Waals surface area contributed by atoms with Crippen LogP contribution < -0.4 is 28.7 Å². The molecule has 0 radical (unpaired) electrons. The molecule has 118 heavy (non-hydrogen) atoms. The largest absolute Gasteiger partial charge is 0.457 e. The fourth-order valence-electron chi connectivity index (χ4n) is 18.5.